The summed E-state index contributed by atoms with van der Waals surface area (Å²) in [4.78, 5) is 38.6. The highest BCUT2D eigenvalue weighted by atomic mass is 19.1. The van der Waals surface area contributed by atoms with Crippen molar-refractivity contribution in [2.24, 2.45) is 0 Å². The SMILES string of the molecule is COc1ccc2ncc(F)c(N3CCN(C[C@@H]4CN(c5ccc6c(c5)NC(=O)CO6)C(=O)O4)CC3)c2n1. The third-order valence-electron chi connectivity index (χ3n) is 6.76. The smallest absolute Gasteiger partial charge is 0.414 e. The molecule has 6 rings (SSSR count). The first-order chi connectivity index (χ1) is 18.0. The summed E-state index contributed by atoms with van der Waals surface area (Å²) in [7, 11) is 1.52. The zero-order chi connectivity index (χ0) is 25.5. The number of ether oxygens (including phenoxy) is 3. The van der Waals surface area contributed by atoms with Crippen molar-refractivity contribution >= 4 is 40.1 Å². The number of carbonyl (C=O) groups is 2. The fraction of sp³-hybridized carbons (Fsp3) is 0.360. The number of carbonyl (C=O) groups excluding carboxylic acids is 2. The van der Waals surface area contributed by atoms with Crippen LogP contribution in [0.3, 0.4) is 0 Å². The number of halogens is 1. The lowest BCUT2D eigenvalue weighted by molar-refractivity contribution is -0.118. The summed E-state index contributed by atoms with van der Waals surface area (Å²) in [5.41, 5.74) is 2.66. The van der Waals surface area contributed by atoms with Crippen LogP contribution in [-0.2, 0) is 9.53 Å². The lowest BCUT2D eigenvalue weighted by Gasteiger charge is -2.37. The average molecular weight is 509 g/mol. The molecule has 0 bridgehead atoms. The highest BCUT2D eigenvalue weighted by molar-refractivity contribution is 5.97. The minimum Gasteiger partial charge on any atom is -0.482 e. The number of hydrogen-bond acceptors (Lipinski definition) is 9. The third kappa shape index (κ3) is 4.44. The quantitative estimate of drug-likeness (QED) is 0.555. The van der Waals surface area contributed by atoms with Gasteiger partial charge in [0.25, 0.3) is 5.91 Å². The van der Waals surface area contributed by atoms with Gasteiger partial charge in [-0.05, 0) is 24.3 Å². The molecule has 12 heteroatoms. The average Bonchev–Trinajstić information content (AvgIpc) is 3.28. The van der Waals surface area contributed by atoms with Crippen LogP contribution < -0.4 is 24.6 Å². The van der Waals surface area contributed by atoms with Crippen molar-refractivity contribution in [3.63, 3.8) is 0 Å². The number of pyridine rings is 2. The molecular formula is C25H25FN6O5. The molecule has 3 aliphatic rings. The Bertz CT molecular complexity index is 1380. The van der Waals surface area contributed by atoms with Crippen LogP contribution in [0, 0.1) is 5.82 Å². The van der Waals surface area contributed by atoms with Crippen LogP contribution in [0.5, 0.6) is 11.6 Å². The molecule has 1 N–H and O–H groups in total. The molecule has 2 aromatic heterocycles. The van der Waals surface area contributed by atoms with Crippen LogP contribution in [0.2, 0.25) is 0 Å². The summed E-state index contributed by atoms with van der Waals surface area (Å²) in [5.74, 6) is 0.313. The number of nitrogens with zero attached hydrogens (tertiary/aromatic N) is 5. The topological polar surface area (TPSA) is 109 Å². The molecule has 11 nitrogen and oxygen atoms in total. The fourth-order valence-corrected chi connectivity index (χ4v) is 4.94. The first-order valence-corrected chi connectivity index (χ1v) is 12.0. The van der Waals surface area contributed by atoms with Crippen molar-refractivity contribution < 1.29 is 28.2 Å². The van der Waals surface area contributed by atoms with Gasteiger partial charge in [-0.3, -0.25) is 19.6 Å². The van der Waals surface area contributed by atoms with Crippen LogP contribution in [-0.4, -0.2) is 86.0 Å². The number of anilines is 3. The summed E-state index contributed by atoms with van der Waals surface area (Å²) in [6.07, 6.45) is 0.477. The van der Waals surface area contributed by atoms with Crippen LogP contribution in [0.15, 0.2) is 36.5 Å². The summed E-state index contributed by atoms with van der Waals surface area (Å²) >= 11 is 0. The zero-order valence-electron chi connectivity index (χ0n) is 20.1. The van der Waals surface area contributed by atoms with E-state index in [0.717, 1.165) is 0 Å². The molecule has 1 aromatic carbocycles. The highest BCUT2D eigenvalue weighted by Crippen LogP contribution is 2.34. The molecule has 0 spiro atoms. The van der Waals surface area contributed by atoms with Crippen LogP contribution in [0.25, 0.3) is 11.0 Å². The lowest BCUT2D eigenvalue weighted by atomic mass is 10.2. The van der Waals surface area contributed by atoms with E-state index < -0.39 is 11.9 Å². The Morgan fingerprint density at radius 2 is 2.00 bits per heavy atom. The second kappa shape index (κ2) is 9.36. The van der Waals surface area contributed by atoms with E-state index in [-0.39, 0.29) is 18.6 Å². The molecule has 37 heavy (non-hydrogen) atoms. The van der Waals surface area contributed by atoms with Crippen LogP contribution in [0.4, 0.5) is 26.2 Å². The predicted molar refractivity (Wildman–Crippen MR) is 133 cm³/mol. The molecule has 3 aliphatic heterocycles. The highest BCUT2D eigenvalue weighted by Gasteiger charge is 2.35. The Labute approximate surface area is 211 Å². The molecule has 0 aliphatic carbocycles. The molecule has 2 fully saturated rings. The number of fused-ring (bicyclic) bond motifs is 2. The van der Waals surface area contributed by atoms with Gasteiger partial charge in [0.15, 0.2) is 12.4 Å². The van der Waals surface area contributed by atoms with Gasteiger partial charge in [0.2, 0.25) is 5.88 Å². The minimum absolute atomic E-state index is 0.0256. The van der Waals surface area contributed by atoms with Crippen molar-refractivity contribution in [1.82, 2.24) is 14.9 Å². The first-order valence-electron chi connectivity index (χ1n) is 12.0. The van der Waals surface area contributed by atoms with E-state index in [1.807, 2.05) is 4.90 Å². The van der Waals surface area contributed by atoms with Gasteiger partial charge in [0.05, 0.1) is 31.1 Å². The Morgan fingerprint density at radius 3 is 2.81 bits per heavy atom. The Morgan fingerprint density at radius 1 is 1.16 bits per heavy atom. The van der Waals surface area contributed by atoms with Gasteiger partial charge in [-0.2, -0.15) is 0 Å². The van der Waals surface area contributed by atoms with Crippen LogP contribution in [0.1, 0.15) is 0 Å². The van der Waals surface area contributed by atoms with E-state index in [0.29, 0.717) is 79.0 Å². The summed E-state index contributed by atoms with van der Waals surface area (Å²) in [6, 6.07) is 8.69. The Hall–Kier alpha value is -4.19. The number of nitrogens with one attached hydrogen (secondary N) is 1. The molecule has 3 aromatic rings. The molecular weight excluding hydrogens is 483 g/mol. The van der Waals surface area contributed by atoms with Gasteiger partial charge in [0, 0.05) is 44.5 Å². The second-order valence-electron chi connectivity index (χ2n) is 9.10. The Balaban J connectivity index is 1.10. The lowest BCUT2D eigenvalue weighted by Crippen LogP contribution is -2.49. The van der Waals surface area contributed by atoms with E-state index >= 15 is 0 Å². The molecule has 0 unspecified atom stereocenters. The van der Waals surface area contributed by atoms with Gasteiger partial charge >= 0.3 is 6.09 Å². The van der Waals surface area contributed by atoms with Gasteiger partial charge in [-0.1, -0.05) is 0 Å². The maximum absolute atomic E-state index is 14.8. The second-order valence-corrected chi connectivity index (χ2v) is 9.10. The summed E-state index contributed by atoms with van der Waals surface area (Å²) in [5, 5.41) is 2.76. The molecule has 0 saturated carbocycles. The van der Waals surface area contributed by atoms with E-state index in [2.05, 4.69) is 20.2 Å². The van der Waals surface area contributed by atoms with Gasteiger partial charge in [-0.25, -0.2) is 14.2 Å². The van der Waals surface area contributed by atoms with Gasteiger partial charge < -0.3 is 24.4 Å². The van der Waals surface area contributed by atoms with Crippen LogP contribution >= 0.6 is 0 Å². The molecule has 0 radical (unpaired) electrons. The van der Waals surface area contributed by atoms with Crippen molar-refractivity contribution in [1.29, 1.82) is 0 Å². The van der Waals surface area contributed by atoms with E-state index in [1.54, 1.807) is 35.2 Å². The number of cyclic esters (lactones) is 1. The summed E-state index contributed by atoms with van der Waals surface area (Å²) in [6.45, 7) is 3.44. The van der Waals surface area contributed by atoms with E-state index in [4.69, 9.17) is 14.2 Å². The maximum Gasteiger partial charge on any atom is 0.414 e. The standard InChI is InChI=1S/C25H25FN6O5/c1-35-22-5-3-18-23(29-22)24(17(26)11-27-18)31-8-6-30(7-9-31)12-16-13-32(25(34)37-16)15-2-4-20-19(10-15)28-21(33)14-36-20/h2-5,10-11,16H,6-9,12-14H2,1H3,(H,28,33)/t16-/m1/s1. The fourth-order valence-electron chi connectivity index (χ4n) is 4.94. The number of rotatable bonds is 5. The van der Waals surface area contributed by atoms with E-state index in [9.17, 15) is 14.0 Å². The first kappa shape index (κ1) is 23.2. The summed E-state index contributed by atoms with van der Waals surface area (Å²) < 4.78 is 31.1. The van der Waals surface area contributed by atoms with Gasteiger partial charge in [0.1, 0.15) is 23.1 Å². The third-order valence-corrected chi connectivity index (χ3v) is 6.76. The molecule has 192 valence electrons. The number of aromatic nitrogens is 2. The molecule has 2 amide bonds. The zero-order valence-corrected chi connectivity index (χ0v) is 20.1. The Kier molecular flexibility index (Phi) is 5.87. The number of amides is 2. The van der Waals surface area contributed by atoms with Crippen molar-refractivity contribution in [3.05, 3.63) is 42.3 Å². The molecule has 5 heterocycles. The number of hydrogen-bond donors (Lipinski definition) is 1. The molecule has 1 atom stereocenters. The minimum atomic E-state index is -0.433. The normalized spacial score (nSPS) is 19.9. The monoisotopic (exact) mass is 508 g/mol. The molecule has 2 saturated heterocycles. The largest absolute Gasteiger partial charge is 0.482 e. The van der Waals surface area contributed by atoms with Crippen molar-refractivity contribution in [2.75, 3.05) is 68.1 Å². The van der Waals surface area contributed by atoms with Crippen molar-refractivity contribution in [2.45, 2.75) is 6.10 Å². The van der Waals surface area contributed by atoms with Gasteiger partial charge in [-0.15, -0.1) is 0 Å². The number of piperazine rings is 1. The number of benzene rings is 1. The van der Waals surface area contributed by atoms with Crippen molar-refractivity contribution in [3.8, 4) is 11.6 Å². The van der Waals surface area contributed by atoms with E-state index in [1.165, 1.54) is 13.3 Å². The maximum atomic E-state index is 14.8. The predicted octanol–water partition coefficient (Wildman–Crippen LogP) is 2.26. The number of methoxy groups -OCH3 is 1.